The molecule has 0 spiro atoms. The van der Waals surface area contributed by atoms with E-state index in [9.17, 15) is 32.3 Å². The summed E-state index contributed by atoms with van der Waals surface area (Å²) >= 11 is 5.72. The number of halogens is 4. The fourth-order valence-electron chi connectivity index (χ4n) is 9.53. The maximum atomic E-state index is 13.7. The third-order valence-electron chi connectivity index (χ3n) is 12.5. The third-order valence-corrected chi connectivity index (χ3v) is 12.9. The van der Waals surface area contributed by atoms with E-state index in [1.54, 1.807) is 25.6 Å². The Balaban J connectivity index is 0.00000641. The zero-order chi connectivity index (χ0) is 44.0. The van der Waals surface area contributed by atoms with Crippen LogP contribution in [-0.2, 0) is 37.1 Å². The zero-order valence-electron chi connectivity index (χ0n) is 35.3. The molecular weight excluding hydrogens is 849 g/mol. The molecule has 2 N–H and O–H groups in total. The Kier molecular flexibility index (Phi) is 14.0. The van der Waals surface area contributed by atoms with E-state index in [-0.39, 0.29) is 78.1 Å². The quantitative estimate of drug-likeness (QED) is 0.146. The maximum Gasteiger partial charge on any atom is 0.419 e. The van der Waals surface area contributed by atoms with Gasteiger partial charge in [0.2, 0.25) is 17.7 Å². The molecule has 3 saturated heterocycles. The molecule has 5 heterocycles. The first-order valence-corrected chi connectivity index (χ1v) is 21.1. The van der Waals surface area contributed by atoms with Gasteiger partial charge < -0.3 is 19.9 Å². The van der Waals surface area contributed by atoms with E-state index in [0.29, 0.717) is 42.8 Å². The lowest BCUT2D eigenvalue weighted by Gasteiger charge is -2.44. The first kappa shape index (κ1) is 46.8. The van der Waals surface area contributed by atoms with Crippen LogP contribution >= 0.6 is 24.6 Å². The van der Waals surface area contributed by atoms with Crippen molar-refractivity contribution < 1.29 is 37.1 Å². The first-order chi connectivity index (χ1) is 28.9. The third kappa shape index (κ3) is 9.30. The molecule has 0 bridgehead atoms. The molecule has 62 heavy (non-hydrogen) atoms. The number of aryl methyl sites for hydroxylation is 1. The van der Waals surface area contributed by atoms with Crippen LogP contribution in [0.4, 0.5) is 24.5 Å². The minimum atomic E-state index is -4.83. The van der Waals surface area contributed by atoms with Crippen molar-refractivity contribution in [1.82, 2.24) is 34.8 Å². The number of amides is 4. The molecule has 15 nitrogen and oxygen atoms in total. The highest BCUT2D eigenvalue weighted by molar-refractivity contribution is 7.80. The molecule has 3 aromatic rings. The largest absolute Gasteiger partial charge is 0.419 e. The van der Waals surface area contributed by atoms with Gasteiger partial charge in [-0.1, -0.05) is 12.1 Å². The van der Waals surface area contributed by atoms with E-state index in [4.69, 9.17) is 22.2 Å². The average Bonchev–Trinajstić information content (AvgIpc) is 3.62. The number of para-hydroxylation sites is 1. The van der Waals surface area contributed by atoms with Gasteiger partial charge in [0.05, 0.1) is 52.9 Å². The topological polar surface area (TPSA) is 169 Å². The van der Waals surface area contributed by atoms with Crippen LogP contribution in [0.3, 0.4) is 0 Å². The normalized spacial score (nSPS) is 24.9. The van der Waals surface area contributed by atoms with Crippen LogP contribution in [0.25, 0.3) is 10.9 Å². The number of thiocarbonyl (C=S) groups is 1. The smallest absolute Gasteiger partial charge is 0.378 e. The predicted molar refractivity (Wildman–Crippen MR) is 230 cm³/mol. The number of ether oxygens (including phenoxy) is 1. The van der Waals surface area contributed by atoms with Crippen molar-refractivity contribution in [3.05, 3.63) is 47.4 Å². The Morgan fingerprint density at radius 1 is 1.10 bits per heavy atom. The molecule has 1 unspecified atom stereocenters. The van der Waals surface area contributed by atoms with Gasteiger partial charge in [0.15, 0.2) is 10.8 Å². The van der Waals surface area contributed by atoms with Gasteiger partial charge >= 0.3 is 6.18 Å². The molecule has 20 heteroatoms. The van der Waals surface area contributed by atoms with E-state index in [1.165, 1.54) is 6.07 Å². The molecule has 4 amide bonds. The second-order valence-corrected chi connectivity index (χ2v) is 17.5. The van der Waals surface area contributed by atoms with Gasteiger partial charge in [-0.15, -0.1) is 12.4 Å². The minimum Gasteiger partial charge on any atom is -0.378 e. The molecule has 1 aromatic carbocycles. The van der Waals surface area contributed by atoms with E-state index < -0.39 is 34.8 Å². The van der Waals surface area contributed by atoms with Crippen molar-refractivity contribution in [1.29, 1.82) is 5.26 Å². The Morgan fingerprint density at radius 2 is 1.79 bits per heavy atom. The van der Waals surface area contributed by atoms with Crippen molar-refractivity contribution in [2.24, 2.45) is 7.05 Å². The summed E-state index contributed by atoms with van der Waals surface area (Å²) < 4.78 is 49.1. The molecule has 2 aromatic heterocycles. The Morgan fingerprint density at radius 3 is 2.44 bits per heavy atom. The van der Waals surface area contributed by atoms with Crippen molar-refractivity contribution in [2.75, 3.05) is 43.0 Å². The van der Waals surface area contributed by atoms with E-state index in [2.05, 4.69) is 44.4 Å². The lowest BCUT2D eigenvalue weighted by atomic mass is 9.89. The molecule has 4 aliphatic rings. The van der Waals surface area contributed by atoms with E-state index >= 15 is 0 Å². The van der Waals surface area contributed by atoms with Gasteiger partial charge in [0.1, 0.15) is 11.6 Å². The molecular formula is C42H52ClF3N10O5S. The SMILES string of the molecule is C[C@@H]1CN(CCCOC2CCC(N3C(=S)N(c4cnc(C#N)c(C(F)(F)F)c4)C(=O)C3(C)C)CC2)C[C@H](C)N1CC(=O)Nc1cccc2c(C3CCC(=O)NC3=O)nn(C)c12.Cl. The minimum absolute atomic E-state index is 0. The summed E-state index contributed by atoms with van der Waals surface area (Å²) in [5.41, 5.74) is -1.29. The van der Waals surface area contributed by atoms with Gasteiger partial charge in [-0.2, -0.15) is 23.5 Å². The summed E-state index contributed by atoms with van der Waals surface area (Å²) in [6, 6.07) is 7.91. The van der Waals surface area contributed by atoms with Crippen molar-refractivity contribution >= 4 is 75.6 Å². The fraction of sp³-hybridized carbons (Fsp3) is 0.571. The molecule has 1 saturated carbocycles. The lowest BCUT2D eigenvalue weighted by molar-refractivity contribution is -0.138. The van der Waals surface area contributed by atoms with Crippen LogP contribution in [0, 0.1) is 11.3 Å². The van der Waals surface area contributed by atoms with E-state index in [0.717, 1.165) is 61.4 Å². The van der Waals surface area contributed by atoms with Gasteiger partial charge in [0, 0.05) is 63.2 Å². The Bertz CT molecular complexity index is 2260. The zero-order valence-corrected chi connectivity index (χ0v) is 37.0. The standard InChI is InChI=1S/C42H51F3N10O5S.ClH/c1-24-21-52(22-25(2)53(24)23-35(57)48-32-9-6-8-29-36(50-51(5)37(29)32)30-14-15-34(56)49-38(30)58)16-7-17-60-28-12-10-26(11-13-28)55-40(61)54(39(59)41(55,3)4)27-18-31(42(43,44)45)33(19-46)47-20-27;/h6,8-9,18,20,24-26,28,30H,7,10-17,21-23H2,1-5H3,(H,48,57)(H,49,56,58);1H/t24-,25+,26?,28?,30?;. The molecule has 7 rings (SSSR count). The van der Waals surface area contributed by atoms with E-state index in [1.807, 2.05) is 23.1 Å². The number of benzene rings is 1. The second-order valence-electron chi connectivity index (χ2n) is 17.1. The maximum absolute atomic E-state index is 13.7. The summed E-state index contributed by atoms with van der Waals surface area (Å²) in [5.74, 6) is -1.78. The molecule has 3 aliphatic heterocycles. The summed E-state index contributed by atoms with van der Waals surface area (Å²) in [6.07, 6.45) is 0.639. The Labute approximate surface area is 369 Å². The number of nitrogens with zero attached hydrogens (tertiary/aromatic N) is 8. The van der Waals surface area contributed by atoms with Crippen LogP contribution in [0.5, 0.6) is 0 Å². The highest BCUT2D eigenvalue weighted by Crippen LogP contribution is 2.40. The summed E-state index contributed by atoms with van der Waals surface area (Å²) in [4.78, 5) is 62.7. The predicted octanol–water partition coefficient (Wildman–Crippen LogP) is 5.26. The van der Waals surface area contributed by atoms with Gasteiger partial charge in [0.25, 0.3) is 5.91 Å². The number of nitriles is 1. The van der Waals surface area contributed by atoms with Gasteiger partial charge in [-0.25, -0.2) is 4.98 Å². The van der Waals surface area contributed by atoms with Crippen LogP contribution in [0.1, 0.15) is 95.5 Å². The van der Waals surface area contributed by atoms with Crippen molar-refractivity contribution in [3.8, 4) is 6.07 Å². The molecule has 334 valence electrons. The molecule has 3 atom stereocenters. The number of nitrogens with one attached hydrogen (secondary N) is 2. The number of anilines is 2. The number of aromatic nitrogens is 3. The number of pyridine rings is 1. The number of fused-ring (bicyclic) bond motifs is 1. The number of hydrogen-bond donors (Lipinski definition) is 2. The summed E-state index contributed by atoms with van der Waals surface area (Å²) in [5, 5.41) is 20.2. The molecule has 1 aliphatic carbocycles. The van der Waals surface area contributed by atoms with Crippen LogP contribution in [0.2, 0.25) is 0 Å². The number of rotatable bonds is 11. The van der Waals surface area contributed by atoms with Gasteiger partial charge in [-0.05, 0) is 90.6 Å². The number of piperidine rings is 1. The van der Waals surface area contributed by atoms with Crippen LogP contribution in [0.15, 0.2) is 30.5 Å². The summed E-state index contributed by atoms with van der Waals surface area (Å²) in [7, 11) is 1.78. The molecule has 0 radical (unpaired) electrons. The van der Waals surface area contributed by atoms with Crippen molar-refractivity contribution in [2.45, 2.75) is 115 Å². The number of imide groups is 1. The van der Waals surface area contributed by atoms with Crippen molar-refractivity contribution in [3.63, 3.8) is 0 Å². The Hall–Kier alpha value is -4.74. The molecule has 4 fully saturated rings. The fourth-order valence-corrected chi connectivity index (χ4v) is 10.1. The summed E-state index contributed by atoms with van der Waals surface area (Å²) in [6.45, 7) is 10.9. The van der Waals surface area contributed by atoms with Gasteiger partial charge in [-0.3, -0.25) is 39.0 Å². The van der Waals surface area contributed by atoms with Crippen LogP contribution in [-0.4, -0.2) is 121 Å². The second kappa shape index (κ2) is 18.5. The number of carbonyl (C=O) groups excluding carboxylic acids is 4. The number of piperazine rings is 1. The monoisotopic (exact) mass is 900 g/mol. The number of alkyl halides is 3. The number of carbonyl (C=O) groups is 4. The average molecular weight is 901 g/mol. The highest BCUT2D eigenvalue weighted by atomic mass is 35.5. The lowest BCUT2D eigenvalue weighted by Crippen LogP contribution is -2.58. The highest BCUT2D eigenvalue weighted by Gasteiger charge is 2.53. The van der Waals surface area contributed by atoms with Crippen LogP contribution < -0.4 is 15.5 Å². The number of hydrogen-bond acceptors (Lipinski definition) is 11. The first-order valence-electron chi connectivity index (χ1n) is 20.7.